The Morgan fingerprint density at radius 2 is 1.93 bits per heavy atom. The highest BCUT2D eigenvalue weighted by molar-refractivity contribution is 7.25. The van der Waals surface area contributed by atoms with Gasteiger partial charge in [-0.15, -0.1) is 11.3 Å². The van der Waals surface area contributed by atoms with E-state index in [1.165, 1.54) is 14.8 Å². The van der Waals surface area contributed by atoms with Crippen LogP contribution in [-0.4, -0.2) is 4.98 Å². The monoisotopic (exact) mass is 219 g/mol. The van der Waals surface area contributed by atoms with Crippen molar-refractivity contribution in [2.45, 2.75) is 0 Å². The maximum atomic E-state index is 6.07. The summed E-state index contributed by atoms with van der Waals surface area (Å²) in [6.45, 7) is 0. The Bertz CT molecular complexity index is 615. The maximum Gasteiger partial charge on any atom is 0.138 e. The fourth-order valence-electron chi connectivity index (χ4n) is 1.63. The number of hydrogen-bond donors (Lipinski definition) is 0. The fraction of sp³-hybridized carbons (Fsp3) is 0. The molecule has 3 heteroatoms. The van der Waals surface area contributed by atoms with Crippen molar-refractivity contribution in [2.75, 3.05) is 0 Å². The van der Waals surface area contributed by atoms with E-state index in [1.54, 1.807) is 17.5 Å². The number of fused-ring (bicyclic) bond motifs is 3. The van der Waals surface area contributed by atoms with E-state index < -0.39 is 0 Å². The summed E-state index contributed by atoms with van der Waals surface area (Å²) in [4.78, 5) is 4.10. The third-order valence-electron chi connectivity index (χ3n) is 2.24. The lowest BCUT2D eigenvalue weighted by atomic mass is 10.2. The Labute approximate surface area is 90.0 Å². The topological polar surface area (TPSA) is 12.9 Å². The average molecular weight is 220 g/mol. The normalized spacial score (nSPS) is 11.2. The predicted molar refractivity (Wildman–Crippen MR) is 62.1 cm³/mol. The van der Waals surface area contributed by atoms with Gasteiger partial charge in [0.1, 0.15) is 5.15 Å². The quantitative estimate of drug-likeness (QED) is 0.519. The van der Waals surface area contributed by atoms with E-state index in [0.29, 0.717) is 5.15 Å². The van der Waals surface area contributed by atoms with E-state index in [0.717, 1.165) is 5.39 Å². The van der Waals surface area contributed by atoms with Gasteiger partial charge in [0.05, 0.1) is 0 Å². The molecule has 3 aromatic rings. The Balaban J connectivity index is 2.65. The second-order valence-electron chi connectivity index (χ2n) is 3.07. The number of benzene rings is 1. The van der Waals surface area contributed by atoms with Crippen LogP contribution in [0.15, 0.2) is 36.5 Å². The summed E-state index contributed by atoms with van der Waals surface area (Å²) in [6.07, 6.45) is 1.75. The third kappa shape index (κ3) is 1.04. The molecule has 68 valence electrons. The van der Waals surface area contributed by atoms with Gasteiger partial charge in [-0.1, -0.05) is 29.8 Å². The molecule has 1 aromatic carbocycles. The number of pyridine rings is 1. The van der Waals surface area contributed by atoms with Gasteiger partial charge in [0.15, 0.2) is 0 Å². The summed E-state index contributed by atoms with van der Waals surface area (Å²) < 4.78 is 2.46. The number of halogens is 1. The van der Waals surface area contributed by atoms with Gasteiger partial charge in [-0.2, -0.15) is 0 Å². The molecule has 14 heavy (non-hydrogen) atoms. The SMILES string of the molecule is Clc1nccc2sc3ccccc3c12. The van der Waals surface area contributed by atoms with Gasteiger partial charge in [0, 0.05) is 26.4 Å². The second kappa shape index (κ2) is 2.94. The Morgan fingerprint density at radius 3 is 2.86 bits per heavy atom. The zero-order valence-corrected chi connectivity index (χ0v) is 8.77. The van der Waals surface area contributed by atoms with Gasteiger partial charge in [0.25, 0.3) is 0 Å². The van der Waals surface area contributed by atoms with Crippen molar-refractivity contribution in [1.29, 1.82) is 0 Å². The molecule has 3 rings (SSSR count). The standard InChI is InChI=1S/C11H6ClNS/c12-11-10-7-3-1-2-4-8(7)14-9(10)5-6-13-11/h1-6H. The molecule has 2 heterocycles. The third-order valence-corrected chi connectivity index (χ3v) is 3.67. The smallest absolute Gasteiger partial charge is 0.138 e. The molecule has 0 aliphatic carbocycles. The van der Waals surface area contributed by atoms with E-state index in [2.05, 4.69) is 17.1 Å². The summed E-state index contributed by atoms with van der Waals surface area (Å²) in [5, 5.41) is 2.88. The van der Waals surface area contributed by atoms with Crippen molar-refractivity contribution in [3.8, 4) is 0 Å². The van der Waals surface area contributed by atoms with Gasteiger partial charge in [-0.25, -0.2) is 4.98 Å². The Morgan fingerprint density at radius 1 is 1.07 bits per heavy atom. The molecule has 0 bridgehead atoms. The van der Waals surface area contributed by atoms with Crippen LogP contribution in [0.25, 0.3) is 20.2 Å². The van der Waals surface area contributed by atoms with Gasteiger partial charge >= 0.3 is 0 Å². The molecule has 1 nitrogen and oxygen atoms in total. The summed E-state index contributed by atoms with van der Waals surface area (Å²) in [6, 6.07) is 10.3. The number of thiophene rings is 1. The molecule has 0 amide bonds. The highest BCUT2D eigenvalue weighted by atomic mass is 35.5. The second-order valence-corrected chi connectivity index (χ2v) is 4.51. The molecular formula is C11H6ClNS. The van der Waals surface area contributed by atoms with Gasteiger partial charge < -0.3 is 0 Å². The molecule has 0 N–H and O–H groups in total. The van der Waals surface area contributed by atoms with Crippen LogP contribution in [0.1, 0.15) is 0 Å². The molecule has 0 aliphatic rings. The van der Waals surface area contributed by atoms with Crippen LogP contribution in [0.4, 0.5) is 0 Å². The zero-order chi connectivity index (χ0) is 9.54. The highest BCUT2D eigenvalue weighted by Gasteiger charge is 2.07. The van der Waals surface area contributed by atoms with Gasteiger partial charge in [-0.3, -0.25) is 0 Å². The van der Waals surface area contributed by atoms with Gasteiger partial charge in [-0.05, 0) is 12.1 Å². The first-order valence-corrected chi connectivity index (χ1v) is 5.47. The minimum atomic E-state index is 0.597. The van der Waals surface area contributed by atoms with E-state index in [9.17, 15) is 0 Å². The van der Waals surface area contributed by atoms with Crippen LogP contribution < -0.4 is 0 Å². The molecule has 0 atom stereocenters. The van der Waals surface area contributed by atoms with Crippen molar-refractivity contribution in [3.63, 3.8) is 0 Å². The lowest BCUT2D eigenvalue weighted by molar-refractivity contribution is 1.37. The Hall–Kier alpha value is -1.12. The fourth-order valence-corrected chi connectivity index (χ4v) is 3.05. The number of nitrogens with zero attached hydrogens (tertiary/aromatic N) is 1. The minimum absolute atomic E-state index is 0.597. The first kappa shape index (κ1) is 8.21. The summed E-state index contributed by atoms with van der Waals surface area (Å²) in [5.41, 5.74) is 0. The molecule has 0 radical (unpaired) electrons. The van der Waals surface area contributed by atoms with E-state index in [1.807, 2.05) is 18.2 Å². The molecule has 2 aromatic heterocycles. The van der Waals surface area contributed by atoms with Gasteiger partial charge in [0.2, 0.25) is 0 Å². The summed E-state index contributed by atoms with van der Waals surface area (Å²) in [5.74, 6) is 0. The first-order valence-electron chi connectivity index (χ1n) is 4.28. The largest absolute Gasteiger partial charge is 0.244 e. The lowest BCUT2D eigenvalue weighted by Gasteiger charge is -1.92. The zero-order valence-electron chi connectivity index (χ0n) is 7.20. The number of hydrogen-bond acceptors (Lipinski definition) is 2. The van der Waals surface area contributed by atoms with Crippen LogP contribution in [0.5, 0.6) is 0 Å². The van der Waals surface area contributed by atoms with E-state index in [-0.39, 0.29) is 0 Å². The van der Waals surface area contributed by atoms with Crippen molar-refractivity contribution in [3.05, 3.63) is 41.7 Å². The average Bonchev–Trinajstić information content (AvgIpc) is 2.57. The first-order chi connectivity index (χ1) is 6.86. The number of aromatic nitrogens is 1. The molecule has 0 saturated heterocycles. The van der Waals surface area contributed by atoms with E-state index >= 15 is 0 Å². The lowest BCUT2D eigenvalue weighted by Crippen LogP contribution is -1.73. The predicted octanol–water partition coefficient (Wildman–Crippen LogP) is 4.10. The van der Waals surface area contributed by atoms with E-state index in [4.69, 9.17) is 11.6 Å². The Kier molecular flexibility index (Phi) is 1.72. The summed E-state index contributed by atoms with van der Waals surface area (Å²) in [7, 11) is 0. The van der Waals surface area contributed by atoms with Crippen LogP contribution in [0, 0.1) is 0 Å². The minimum Gasteiger partial charge on any atom is -0.244 e. The van der Waals surface area contributed by atoms with Crippen LogP contribution >= 0.6 is 22.9 Å². The molecular weight excluding hydrogens is 214 g/mol. The van der Waals surface area contributed by atoms with Crippen molar-refractivity contribution in [1.82, 2.24) is 4.98 Å². The molecule has 0 fully saturated rings. The highest BCUT2D eigenvalue weighted by Crippen LogP contribution is 2.36. The maximum absolute atomic E-state index is 6.07. The van der Waals surface area contributed by atoms with Crippen LogP contribution in [-0.2, 0) is 0 Å². The van der Waals surface area contributed by atoms with Crippen LogP contribution in [0.2, 0.25) is 5.15 Å². The molecule has 0 aliphatic heterocycles. The van der Waals surface area contributed by atoms with Crippen molar-refractivity contribution < 1.29 is 0 Å². The number of rotatable bonds is 0. The van der Waals surface area contributed by atoms with Crippen molar-refractivity contribution in [2.24, 2.45) is 0 Å². The molecule has 0 unspecified atom stereocenters. The molecule has 0 saturated carbocycles. The summed E-state index contributed by atoms with van der Waals surface area (Å²) >= 11 is 7.82. The van der Waals surface area contributed by atoms with Crippen LogP contribution in [0.3, 0.4) is 0 Å². The van der Waals surface area contributed by atoms with Crippen molar-refractivity contribution >= 4 is 43.1 Å². The molecule has 0 spiro atoms.